The first-order valence-corrected chi connectivity index (χ1v) is 8.16. The van der Waals surface area contributed by atoms with E-state index in [1.54, 1.807) is 11.0 Å². The highest BCUT2D eigenvalue weighted by Gasteiger charge is 2.38. The Labute approximate surface area is 152 Å². The Morgan fingerprint density at radius 2 is 1.96 bits per heavy atom. The number of amides is 1. The van der Waals surface area contributed by atoms with Gasteiger partial charge in [0.05, 0.1) is 7.11 Å². The lowest BCUT2D eigenvalue weighted by Gasteiger charge is -2.39. The van der Waals surface area contributed by atoms with E-state index in [0.717, 1.165) is 32.4 Å². The molecular weight excluding hydrogens is 354 g/mol. The van der Waals surface area contributed by atoms with Gasteiger partial charge in [0.1, 0.15) is 0 Å². The van der Waals surface area contributed by atoms with Gasteiger partial charge in [-0.15, -0.1) is 12.4 Å². The van der Waals surface area contributed by atoms with Gasteiger partial charge in [0.15, 0.2) is 11.5 Å². The fourth-order valence-electron chi connectivity index (χ4n) is 3.59. The molecule has 2 heterocycles. The Kier molecular flexibility index (Phi) is 6.46. The number of carbonyl (C=O) groups is 1. The van der Waals surface area contributed by atoms with Crippen LogP contribution >= 0.6 is 12.4 Å². The van der Waals surface area contributed by atoms with E-state index in [4.69, 9.17) is 4.74 Å². The van der Waals surface area contributed by atoms with Crippen molar-refractivity contribution in [1.82, 2.24) is 10.2 Å². The molecule has 8 heteroatoms. The molecule has 1 N–H and O–H groups in total. The summed E-state index contributed by atoms with van der Waals surface area (Å²) >= 11 is 0. The summed E-state index contributed by atoms with van der Waals surface area (Å²) in [4.78, 5) is 14.5. The van der Waals surface area contributed by atoms with Crippen LogP contribution in [-0.2, 0) is 0 Å². The largest absolute Gasteiger partial charge is 0.493 e. The van der Waals surface area contributed by atoms with Crippen LogP contribution in [0.15, 0.2) is 18.2 Å². The third-order valence-electron chi connectivity index (χ3n) is 5.07. The minimum absolute atomic E-state index is 0. The van der Waals surface area contributed by atoms with Crippen LogP contribution in [0.2, 0.25) is 0 Å². The number of benzene rings is 1. The lowest BCUT2D eigenvalue weighted by Crippen LogP contribution is -2.44. The number of likely N-dealkylation sites (tertiary alicyclic amines) is 1. The van der Waals surface area contributed by atoms with Gasteiger partial charge in [-0.25, -0.2) is 0 Å². The van der Waals surface area contributed by atoms with Crippen molar-refractivity contribution in [3.8, 4) is 11.5 Å². The van der Waals surface area contributed by atoms with Gasteiger partial charge in [0.2, 0.25) is 0 Å². The second-order valence-electron chi connectivity index (χ2n) is 6.46. The molecule has 25 heavy (non-hydrogen) atoms. The number of carbonyl (C=O) groups excluding carboxylic acids is 1. The zero-order chi connectivity index (χ0) is 17.2. The summed E-state index contributed by atoms with van der Waals surface area (Å²) in [6, 6.07) is 4.40. The summed E-state index contributed by atoms with van der Waals surface area (Å²) in [7, 11) is 1.37. The molecule has 3 rings (SSSR count). The molecule has 0 bridgehead atoms. The topological polar surface area (TPSA) is 50.8 Å². The van der Waals surface area contributed by atoms with Gasteiger partial charge in [0, 0.05) is 25.2 Å². The summed E-state index contributed by atoms with van der Waals surface area (Å²) in [5.74, 6) is -0.0918. The Balaban J connectivity index is 0.00000225. The number of methoxy groups -OCH3 is 1. The third-order valence-corrected chi connectivity index (χ3v) is 5.07. The molecule has 1 amide bonds. The number of nitrogens with zero attached hydrogens (tertiary/aromatic N) is 1. The zero-order valence-electron chi connectivity index (χ0n) is 14.1. The maximum absolute atomic E-state index is 12.7. The molecule has 1 aromatic carbocycles. The van der Waals surface area contributed by atoms with Gasteiger partial charge in [0.25, 0.3) is 5.91 Å². The van der Waals surface area contributed by atoms with Gasteiger partial charge in [-0.05, 0) is 49.4 Å². The highest BCUT2D eigenvalue weighted by Crippen LogP contribution is 2.37. The highest BCUT2D eigenvalue weighted by atomic mass is 35.5. The molecule has 1 aromatic rings. The van der Waals surface area contributed by atoms with E-state index in [1.165, 1.54) is 19.2 Å². The van der Waals surface area contributed by atoms with Crippen LogP contribution in [0.5, 0.6) is 11.5 Å². The Morgan fingerprint density at radius 1 is 1.24 bits per heavy atom. The van der Waals surface area contributed by atoms with Gasteiger partial charge < -0.3 is 19.7 Å². The molecule has 2 fully saturated rings. The smallest absolute Gasteiger partial charge is 0.387 e. The van der Waals surface area contributed by atoms with E-state index in [-0.39, 0.29) is 29.8 Å². The van der Waals surface area contributed by atoms with E-state index in [0.29, 0.717) is 24.1 Å². The molecule has 0 aromatic heterocycles. The second kappa shape index (κ2) is 8.19. The maximum atomic E-state index is 12.7. The quantitative estimate of drug-likeness (QED) is 0.877. The van der Waals surface area contributed by atoms with Crippen LogP contribution in [-0.4, -0.2) is 50.7 Å². The van der Waals surface area contributed by atoms with Gasteiger partial charge in [-0.2, -0.15) is 8.78 Å². The lowest BCUT2D eigenvalue weighted by molar-refractivity contribution is -0.0512. The first-order valence-electron chi connectivity index (χ1n) is 8.16. The summed E-state index contributed by atoms with van der Waals surface area (Å²) < 4.78 is 34.5. The molecule has 1 spiro atoms. The van der Waals surface area contributed by atoms with Gasteiger partial charge in [-0.3, -0.25) is 4.79 Å². The molecule has 5 nitrogen and oxygen atoms in total. The van der Waals surface area contributed by atoms with E-state index in [1.807, 2.05) is 0 Å². The van der Waals surface area contributed by atoms with Crippen LogP contribution in [0, 0.1) is 5.41 Å². The molecule has 2 aliphatic rings. The second-order valence-corrected chi connectivity index (χ2v) is 6.46. The van der Waals surface area contributed by atoms with Crippen molar-refractivity contribution < 1.29 is 23.0 Å². The van der Waals surface area contributed by atoms with E-state index >= 15 is 0 Å². The molecular formula is C17H23ClF2N2O3. The standard InChI is InChI=1S/C17H22F2N2O3.ClH/c1-23-13-3-2-12(10-14(13)24-16(18)19)15(22)21-8-5-17(6-9-21)4-7-20-11-17;/h2-3,10,16,20H,4-9,11H2,1H3;1H. The van der Waals surface area contributed by atoms with Crippen molar-refractivity contribution in [3.05, 3.63) is 23.8 Å². The molecule has 0 unspecified atom stereocenters. The van der Waals surface area contributed by atoms with Crippen LogP contribution in [0.1, 0.15) is 29.6 Å². The Bertz CT molecular complexity index is 600. The van der Waals surface area contributed by atoms with E-state index in [2.05, 4.69) is 10.1 Å². The number of piperidine rings is 1. The number of hydrogen-bond donors (Lipinski definition) is 1. The third kappa shape index (κ3) is 4.33. The lowest BCUT2D eigenvalue weighted by atomic mass is 9.78. The van der Waals surface area contributed by atoms with Crippen LogP contribution < -0.4 is 14.8 Å². The van der Waals surface area contributed by atoms with E-state index < -0.39 is 6.61 Å². The van der Waals surface area contributed by atoms with Crippen molar-refractivity contribution in [2.24, 2.45) is 5.41 Å². The summed E-state index contributed by atoms with van der Waals surface area (Å²) in [5, 5.41) is 3.39. The van der Waals surface area contributed by atoms with Crippen molar-refractivity contribution in [2.45, 2.75) is 25.9 Å². The van der Waals surface area contributed by atoms with Gasteiger partial charge >= 0.3 is 6.61 Å². The molecule has 140 valence electrons. The predicted octanol–water partition coefficient (Wildman–Crippen LogP) is 2.93. The summed E-state index contributed by atoms with van der Waals surface area (Å²) in [5.41, 5.74) is 0.660. The summed E-state index contributed by atoms with van der Waals surface area (Å²) in [6.45, 7) is 0.480. The Hall–Kier alpha value is -1.60. The highest BCUT2D eigenvalue weighted by molar-refractivity contribution is 5.95. The fourth-order valence-corrected chi connectivity index (χ4v) is 3.59. The Morgan fingerprint density at radius 3 is 2.52 bits per heavy atom. The first kappa shape index (κ1) is 19.7. The van der Waals surface area contributed by atoms with Crippen LogP contribution in [0.3, 0.4) is 0 Å². The first-order chi connectivity index (χ1) is 11.5. The monoisotopic (exact) mass is 376 g/mol. The average Bonchev–Trinajstić information content (AvgIpc) is 3.02. The van der Waals surface area contributed by atoms with Crippen LogP contribution in [0.4, 0.5) is 8.78 Å². The number of alkyl halides is 2. The number of ether oxygens (including phenoxy) is 2. The maximum Gasteiger partial charge on any atom is 0.387 e. The van der Waals surface area contributed by atoms with Crippen molar-refractivity contribution in [2.75, 3.05) is 33.3 Å². The number of halogens is 3. The number of hydrogen-bond acceptors (Lipinski definition) is 4. The SMILES string of the molecule is COc1ccc(C(=O)N2CCC3(CCNC3)CC2)cc1OC(F)F.Cl. The minimum Gasteiger partial charge on any atom is -0.493 e. The molecule has 0 atom stereocenters. The fraction of sp³-hybridized carbons (Fsp3) is 0.588. The van der Waals surface area contributed by atoms with Crippen molar-refractivity contribution in [1.29, 1.82) is 0 Å². The minimum atomic E-state index is -2.96. The number of rotatable bonds is 4. The molecule has 0 radical (unpaired) electrons. The van der Waals surface area contributed by atoms with E-state index in [9.17, 15) is 13.6 Å². The zero-order valence-corrected chi connectivity index (χ0v) is 14.9. The molecule has 2 aliphatic heterocycles. The predicted molar refractivity (Wildman–Crippen MR) is 91.9 cm³/mol. The molecule has 0 saturated carbocycles. The van der Waals surface area contributed by atoms with Gasteiger partial charge in [-0.1, -0.05) is 0 Å². The summed E-state index contributed by atoms with van der Waals surface area (Å²) in [6.07, 6.45) is 3.11. The molecule has 2 saturated heterocycles. The van der Waals surface area contributed by atoms with Crippen molar-refractivity contribution in [3.63, 3.8) is 0 Å². The molecule has 0 aliphatic carbocycles. The number of nitrogens with one attached hydrogen (secondary N) is 1. The van der Waals surface area contributed by atoms with Crippen molar-refractivity contribution >= 4 is 18.3 Å². The average molecular weight is 377 g/mol. The normalized spacial score (nSPS) is 19.0. The van der Waals surface area contributed by atoms with Crippen LogP contribution in [0.25, 0.3) is 0 Å².